The Morgan fingerprint density at radius 1 is 1.00 bits per heavy atom. The second-order valence-electron chi connectivity index (χ2n) is 6.83. The van der Waals surface area contributed by atoms with Gasteiger partial charge in [-0.05, 0) is 61.6 Å². The topological polar surface area (TPSA) is 95.7 Å². The lowest BCUT2D eigenvalue weighted by Crippen LogP contribution is -2.33. The highest BCUT2D eigenvalue weighted by molar-refractivity contribution is 6.00. The number of rotatable bonds is 6. The number of halogens is 2. The van der Waals surface area contributed by atoms with E-state index in [1.807, 2.05) is 12.1 Å². The van der Waals surface area contributed by atoms with Crippen molar-refractivity contribution in [1.29, 1.82) is 0 Å². The molecule has 3 rings (SSSR count). The molecule has 0 radical (unpaired) electrons. The van der Waals surface area contributed by atoms with Gasteiger partial charge in [0, 0.05) is 31.0 Å². The van der Waals surface area contributed by atoms with Gasteiger partial charge in [-0.15, -0.1) is 24.8 Å². The Hall–Kier alpha value is -2.44. The second-order valence-corrected chi connectivity index (χ2v) is 6.83. The summed E-state index contributed by atoms with van der Waals surface area (Å²) in [5, 5.41) is 11.9. The van der Waals surface area contributed by atoms with E-state index in [0.29, 0.717) is 24.2 Å². The summed E-state index contributed by atoms with van der Waals surface area (Å²) in [5.74, 6) is -1.08. The minimum Gasteiger partial charge on any atom is -0.478 e. The van der Waals surface area contributed by atoms with Crippen LogP contribution in [0, 0.1) is 0 Å². The molecule has 8 heteroatoms. The molecule has 0 bridgehead atoms. The van der Waals surface area contributed by atoms with Crippen LogP contribution in [0.15, 0.2) is 42.5 Å². The van der Waals surface area contributed by atoms with Gasteiger partial charge in [-0.2, -0.15) is 0 Å². The first kappa shape index (κ1) is 24.6. The molecule has 6 nitrogen and oxygen atoms in total. The van der Waals surface area contributed by atoms with Crippen LogP contribution in [0.3, 0.4) is 0 Å². The van der Waals surface area contributed by atoms with E-state index >= 15 is 0 Å². The van der Waals surface area contributed by atoms with Crippen molar-refractivity contribution in [3.63, 3.8) is 0 Å². The van der Waals surface area contributed by atoms with Crippen LogP contribution in [0.4, 0.5) is 11.4 Å². The highest BCUT2D eigenvalue weighted by atomic mass is 35.5. The van der Waals surface area contributed by atoms with Gasteiger partial charge in [0.25, 0.3) is 5.91 Å². The molecule has 1 fully saturated rings. The fraction of sp³-hybridized carbons (Fsp3) is 0.333. The number of carboxylic acids is 1. The van der Waals surface area contributed by atoms with Crippen LogP contribution in [-0.2, 0) is 6.42 Å². The van der Waals surface area contributed by atoms with Crippen LogP contribution in [-0.4, -0.2) is 36.6 Å². The second kappa shape index (κ2) is 11.5. The Labute approximate surface area is 183 Å². The zero-order valence-electron chi connectivity index (χ0n) is 16.1. The van der Waals surface area contributed by atoms with Crippen LogP contribution >= 0.6 is 24.8 Å². The summed E-state index contributed by atoms with van der Waals surface area (Å²) in [6.07, 6.45) is 4.14. The van der Waals surface area contributed by atoms with E-state index < -0.39 is 5.97 Å². The number of benzene rings is 2. The number of nitrogen functional groups attached to an aromatic ring is 1. The van der Waals surface area contributed by atoms with Crippen LogP contribution < -0.4 is 16.0 Å². The number of nitrogens with zero attached hydrogens (tertiary/aromatic N) is 1. The SMILES string of the molecule is Cl.Cl.Nc1ccc(N2CCCCC2)c(C(=O)NCCc2ccc(C(=O)O)cc2)c1. The molecule has 0 saturated carbocycles. The summed E-state index contributed by atoms with van der Waals surface area (Å²) in [7, 11) is 0. The maximum atomic E-state index is 12.7. The van der Waals surface area contributed by atoms with Crippen LogP contribution in [0.5, 0.6) is 0 Å². The van der Waals surface area contributed by atoms with E-state index in [9.17, 15) is 9.59 Å². The lowest BCUT2D eigenvalue weighted by Gasteiger charge is -2.30. The quantitative estimate of drug-likeness (QED) is 0.595. The van der Waals surface area contributed by atoms with E-state index in [2.05, 4.69) is 10.2 Å². The Balaban J connectivity index is 0.00000210. The van der Waals surface area contributed by atoms with Gasteiger partial charge in [-0.1, -0.05) is 12.1 Å². The van der Waals surface area contributed by atoms with Crippen LogP contribution in [0.25, 0.3) is 0 Å². The maximum Gasteiger partial charge on any atom is 0.335 e. The molecule has 4 N–H and O–H groups in total. The standard InChI is InChI=1S/C21H25N3O3.2ClH/c22-17-8-9-19(24-12-2-1-3-13-24)18(14-17)20(25)23-11-10-15-4-6-16(7-5-15)21(26)27;;/h4-9,14H,1-3,10-13,22H2,(H,23,25)(H,26,27);2*1H. The maximum absolute atomic E-state index is 12.7. The molecular formula is C21H27Cl2N3O3. The molecule has 1 heterocycles. The molecule has 0 aliphatic carbocycles. The number of carboxylic acid groups (broad SMARTS) is 1. The smallest absolute Gasteiger partial charge is 0.335 e. The Morgan fingerprint density at radius 3 is 2.28 bits per heavy atom. The molecule has 0 unspecified atom stereocenters. The number of anilines is 2. The third-order valence-corrected chi connectivity index (χ3v) is 4.86. The van der Waals surface area contributed by atoms with Gasteiger partial charge in [0.15, 0.2) is 0 Å². The van der Waals surface area contributed by atoms with Crippen LogP contribution in [0.2, 0.25) is 0 Å². The summed E-state index contributed by atoms with van der Waals surface area (Å²) < 4.78 is 0. The average Bonchev–Trinajstić information content (AvgIpc) is 2.69. The van der Waals surface area contributed by atoms with Crippen molar-refractivity contribution in [3.05, 3.63) is 59.2 Å². The van der Waals surface area contributed by atoms with Crippen molar-refractivity contribution in [1.82, 2.24) is 5.32 Å². The molecule has 158 valence electrons. The van der Waals surface area contributed by atoms with E-state index in [4.69, 9.17) is 10.8 Å². The monoisotopic (exact) mass is 439 g/mol. The van der Waals surface area contributed by atoms with Gasteiger partial charge < -0.3 is 21.1 Å². The number of carbonyl (C=O) groups excluding carboxylic acids is 1. The molecule has 1 saturated heterocycles. The third-order valence-electron chi connectivity index (χ3n) is 4.86. The van der Waals surface area contributed by atoms with Crippen molar-refractivity contribution in [2.24, 2.45) is 0 Å². The zero-order valence-corrected chi connectivity index (χ0v) is 17.7. The van der Waals surface area contributed by atoms with E-state index in [-0.39, 0.29) is 36.3 Å². The first-order valence-corrected chi connectivity index (χ1v) is 9.29. The van der Waals surface area contributed by atoms with E-state index in [0.717, 1.165) is 37.2 Å². The van der Waals surface area contributed by atoms with Gasteiger partial charge >= 0.3 is 5.97 Å². The Kier molecular flexibility index (Phi) is 9.78. The molecule has 1 amide bonds. The molecule has 0 aromatic heterocycles. The highest BCUT2D eigenvalue weighted by Gasteiger charge is 2.18. The van der Waals surface area contributed by atoms with Crippen molar-refractivity contribution in [3.8, 4) is 0 Å². The minimum absolute atomic E-state index is 0. The number of nitrogens with two attached hydrogens (primary N) is 1. The summed E-state index contributed by atoms with van der Waals surface area (Å²) in [6, 6.07) is 12.2. The lowest BCUT2D eigenvalue weighted by atomic mass is 10.1. The van der Waals surface area contributed by atoms with Gasteiger partial charge in [-0.3, -0.25) is 4.79 Å². The Bertz CT molecular complexity index is 822. The van der Waals surface area contributed by atoms with Crippen molar-refractivity contribution < 1.29 is 14.7 Å². The molecule has 2 aromatic rings. The number of carbonyl (C=O) groups is 2. The Morgan fingerprint density at radius 2 is 1.66 bits per heavy atom. The third kappa shape index (κ3) is 6.54. The van der Waals surface area contributed by atoms with E-state index in [1.54, 1.807) is 30.3 Å². The summed E-state index contributed by atoms with van der Waals surface area (Å²) in [5.41, 5.74) is 9.26. The normalized spacial score (nSPS) is 13.0. The summed E-state index contributed by atoms with van der Waals surface area (Å²) in [4.78, 5) is 25.9. The largest absolute Gasteiger partial charge is 0.478 e. The molecular weight excluding hydrogens is 413 g/mol. The zero-order chi connectivity index (χ0) is 19.2. The first-order chi connectivity index (χ1) is 13.0. The molecule has 29 heavy (non-hydrogen) atoms. The molecule has 0 spiro atoms. The number of amides is 1. The number of piperidine rings is 1. The van der Waals surface area contributed by atoms with Gasteiger partial charge in [0.05, 0.1) is 11.1 Å². The molecule has 1 aliphatic heterocycles. The fourth-order valence-electron chi connectivity index (χ4n) is 3.38. The molecule has 0 atom stereocenters. The van der Waals surface area contributed by atoms with Crippen molar-refractivity contribution in [2.75, 3.05) is 30.3 Å². The summed E-state index contributed by atoms with van der Waals surface area (Å²) >= 11 is 0. The predicted octanol–water partition coefficient (Wildman–Crippen LogP) is 3.77. The first-order valence-electron chi connectivity index (χ1n) is 9.29. The molecule has 2 aromatic carbocycles. The number of hydrogen-bond donors (Lipinski definition) is 3. The van der Waals surface area contributed by atoms with Crippen molar-refractivity contribution in [2.45, 2.75) is 25.7 Å². The van der Waals surface area contributed by atoms with Gasteiger partial charge in [-0.25, -0.2) is 4.79 Å². The summed E-state index contributed by atoms with van der Waals surface area (Å²) in [6.45, 7) is 2.39. The number of hydrogen-bond acceptors (Lipinski definition) is 4. The molecule has 1 aliphatic rings. The van der Waals surface area contributed by atoms with Gasteiger partial charge in [0.2, 0.25) is 0 Å². The van der Waals surface area contributed by atoms with E-state index in [1.165, 1.54) is 6.42 Å². The van der Waals surface area contributed by atoms with Crippen LogP contribution in [0.1, 0.15) is 45.5 Å². The highest BCUT2D eigenvalue weighted by Crippen LogP contribution is 2.26. The lowest BCUT2D eigenvalue weighted by molar-refractivity contribution is 0.0696. The fourth-order valence-corrected chi connectivity index (χ4v) is 3.38. The predicted molar refractivity (Wildman–Crippen MR) is 121 cm³/mol. The minimum atomic E-state index is -0.943. The number of aromatic carboxylic acids is 1. The number of nitrogens with one attached hydrogen (secondary N) is 1. The van der Waals surface area contributed by atoms with Crippen molar-refractivity contribution >= 4 is 48.1 Å². The average molecular weight is 440 g/mol. The van der Waals surface area contributed by atoms with Gasteiger partial charge in [0.1, 0.15) is 0 Å².